The molecule has 0 aliphatic carbocycles. The van der Waals surface area contributed by atoms with Crippen molar-refractivity contribution in [3.8, 4) is 0 Å². The van der Waals surface area contributed by atoms with Crippen molar-refractivity contribution >= 4 is 26.1 Å². The van der Waals surface area contributed by atoms with Crippen molar-refractivity contribution in [1.82, 2.24) is 17.8 Å². The molecule has 11 heteroatoms. The fourth-order valence-corrected chi connectivity index (χ4v) is 7.57. The van der Waals surface area contributed by atoms with Gasteiger partial charge in [-0.25, -0.2) is 8.42 Å². The van der Waals surface area contributed by atoms with Gasteiger partial charge in [-0.3, -0.25) is 4.79 Å². The van der Waals surface area contributed by atoms with Crippen LogP contribution in [0, 0.1) is 5.92 Å². The van der Waals surface area contributed by atoms with E-state index in [1.807, 2.05) is 30.3 Å². The zero-order valence-electron chi connectivity index (χ0n) is 20.0. The summed E-state index contributed by atoms with van der Waals surface area (Å²) >= 11 is 0. The summed E-state index contributed by atoms with van der Waals surface area (Å²) in [6.07, 6.45) is 1.09. The lowest BCUT2D eigenvalue weighted by Gasteiger charge is -2.41. The highest BCUT2D eigenvalue weighted by molar-refractivity contribution is 7.89. The number of piperazine rings is 1. The molecule has 0 radical (unpaired) electrons. The van der Waals surface area contributed by atoms with E-state index in [-0.39, 0.29) is 49.6 Å². The van der Waals surface area contributed by atoms with Crippen LogP contribution in [0.15, 0.2) is 65.6 Å². The van der Waals surface area contributed by atoms with Crippen LogP contribution in [0.3, 0.4) is 0 Å². The van der Waals surface area contributed by atoms with Gasteiger partial charge in [0.2, 0.25) is 15.9 Å². The normalized spacial score (nSPS) is 22.9. The Hall–Kier alpha value is -2.31. The van der Waals surface area contributed by atoms with Crippen LogP contribution >= 0.6 is 0 Å². The quantitative estimate of drug-likeness (QED) is 0.578. The molecule has 9 nitrogen and oxygen atoms in total. The third-order valence-electron chi connectivity index (χ3n) is 6.76. The molecule has 0 bridgehead atoms. The van der Waals surface area contributed by atoms with Crippen molar-refractivity contribution in [2.45, 2.75) is 23.8 Å². The van der Waals surface area contributed by atoms with Gasteiger partial charge in [-0.1, -0.05) is 48.5 Å². The standard InChI is InChI=1S/C24H32N4O5S2/c1-25(2)35(32,33)27-17-15-26(16-18-27)24(29)21-13-14-23(20-9-5-3-6-10-20)28(19-21)34(30,31)22-11-7-4-8-12-22/h3-12,21,23H,13-19H2,1-2H3/t21-,23-/m1/s1. The van der Waals surface area contributed by atoms with Gasteiger partial charge in [-0.05, 0) is 30.5 Å². The second-order valence-corrected chi connectivity index (χ2v) is 13.1. The fraction of sp³-hybridized carbons (Fsp3) is 0.458. The molecule has 2 aromatic rings. The van der Waals surface area contributed by atoms with Gasteiger partial charge in [0.1, 0.15) is 0 Å². The van der Waals surface area contributed by atoms with Crippen molar-refractivity contribution in [3.63, 3.8) is 0 Å². The van der Waals surface area contributed by atoms with Crippen LogP contribution in [0.4, 0.5) is 0 Å². The molecule has 190 valence electrons. The van der Waals surface area contributed by atoms with Crippen LogP contribution in [0.5, 0.6) is 0 Å². The maximum Gasteiger partial charge on any atom is 0.281 e. The van der Waals surface area contributed by atoms with Gasteiger partial charge >= 0.3 is 0 Å². The van der Waals surface area contributed by atoms with Gasteiger partial charge in [-0.15, -0.1) is 0 Å². The average Bonchev–Trinajstić information content (AvgIpc) is 2.89. The molecule has 0 aromatic heterocycles. The zero-order chi connectivity index (χ0) is 25.2. The van der Waals surface area contributed by atoms with Crippen LogP contribution in [0.25, 0.3) is 0 Å². The van der Waals surface area contributed by atoms with Gasteiger partial charge < -0.3 is 4.90 Å². The Labute approximate surface area is 208 Å². The van der Waals surface area contributed by atoms with Gasteiger partial charge in [0.15, 0.2) is 0 Å². The van der Waals surface area contributed by atoms with E-state index in [1.54, 1.807) is 35.2 Å². The predicted molar refractivity (Wildman–Crippen MR) is 133 cm³/mol. The first-order valence-electron chi connectivity index (χ1n) is 11.7. The van der Waals surface area contributed by atoms with E-state index < -0.39 is 26.2 Å². The highest BCUT2D eigenvalue weighted by Gasteiger charge is 2.42. The van der Waals surface area contributed by atoms with E-state index >= 15 is 0 Å². The second-order valence-electron chi connectivity index (χ2n) is 9.10. The summed E-state index contributed by atoms with van der Waals surface area (Å²) in [5.41, 5.74) is 0.903. The van der Waals surface area contributed by atoms with Crippen molar-refractivity contribution in [3.05, 3.63) is 66.2 Å². The number of carbonyl (C=O) groups excluding carboxylic acids is 1. The Morgan fingerprint density at radius 2 is 1.40 bits per heavy atom. The second kappa shape index (κ2) is 10.4. The molecule has 2 heterocycles. The lowest BCUT2D eigenvalue weighted by Crippen LogP contribution is -2.55. The molecule has 2 aliphatic rings. The summed E-state index contributed by atoms with van der Waals surface area (Å²) in [6, 6.07) is 17.5. The molecule has 0 unspecified atom stereocenters. The smallest absolute Gasteiger partial charge is 0.281 e. The highest BCUT2D eigenvalue weighted by atomic mass is 32.2. The van der Waals surface area contributed by atoms with E-state index in [9.17, 15) is 21.6 Å². The summed E-state index contributed by atoms with van der Waals surface area (Å²) in [5, 5.41) is 0. The zero-order valence-corrected chi connectivity index (χ0v) is 21.7. The lowest BCUT2D eigenvalue weighted by molar-refractivity contribution is -0.138. The first-order valence-corrected chi connectivity index (χ1v) is 14.5. The fourth-order valence-electron chi connectivity index (χ4n) is 4.77. The molecule has 35 heavy (non-hydrogen) atoms. The summed E-state index contributed by atoms with van der Waals surface area (Å²) < 4.78 is 56.1. The van der Waals surface area contributed by atoms with Crippen LogP contribution in [-0.4, -0.2) is 87.4 Å². The maximum atomic E-state index is 13.7. The van der Waals surface area contributed by atoms with Gasteiger partial charge in [0.25, 0.3) is 10.2 Å². The highest BCUT2D eigenvalue weighted by Crippen LogP contribution is 2.38. The molecule has 2 atom stereocenters. The summed E-state index contributed by atoms with van der Waals surface area (Å²) in [4.78, 5) is 15.3. The van der Waals surface area contributed by atoms with E-state index in [0.29, 0.717) is 12.8 Å². The molecule has 0 saturated carbocycles. The third-order valence-corrected chi connectivity index (χ3v) is 10.6. The molecule has 0 spiro atoms. The van der Waals surface area contributed by atoms with Crippen LogP contribution in [0.2, 0.25) is 0 Å². The number of hydrogen-bond acceptors (Lipinski definition) is 5. The first kappa shape index (κ1) is 25.8. The Balaban J connectivity index is 1.54. The van der Waals surface area contributed by atoms with Crippen LogP contribution in [0.1, 0.15) is 24.4 Å². The Morgan fingerprint density at radius 1 is 0.829 bits per heavy atom. The number of piperidine rings is 1. The van der Waals surface area contributed by atoms with E-state index in [4.69, 9.17) is 0 Å². The molecule has 2 saturated heterocycles. The van der Waals surface area contributed by atoms with Gasteiger partial charge in [0.05, 0.1) is 16.9 Å². The largest absolute Gasteiger partial charge is 0.340 e. The average molecular weight is 521 g/mol. The van der Waals surface area contributed by atoms with Crippen molar-refractivity contribution < 1.29 is 21.6 Å². The molecular formula is C24H32N4O5S2. The molecule has 2 aliphatic heterocycles. The number of hydrogen-bond donors (Lipinski definition) is 0. The molecule has 1 amide bonds. The van der Waals surface area contributed by atoms with E-state index in [0.717, 1.165) is 5.56 Å². The summed E-state index contributed by atoms with van der Waals surface area (Å²) in [7, 11) is -4.38. The Bertz CT molecular complexity index is 1230. The van der Waals surface area contributed by atoms with Crippen LogP contribution in [-0.2, 0) is 25.0 Å². The minimum Gasteiger partial charge on any atom is -0.340 e. The van der Waals surface area contributed by atoms with Crippen LogP contribution < -0.4 is 0 Å². The molecule has 0 N–H and O–H groups in total. The van der Waals surface area contributed by atoms with E-state index in [1.165, 1.54) is 27.0 Å². The van der Waals surface area contributed by atoms with Gasteiger partial charge in [0, 0.05) is 46.8 Å². The Kier molecular flexibility index (Phi) is 7.62. The number of rotatable bonds is 6. The molecule has 4 rings (SSSR count). The monoisotopic (exact) mass is 520 g/mol. The van der Waals surface area contributed by atoms with Crippen molar-refractivity contribution in [1.29, 1.82) is 0 Å². The molecular weight excluding hydrogens is 488 g/mol. The SMILES string of the molecule is CN(C)S(=O)(=O)N1CCN(C(=O)[C@@H]2CC[C@H](c3ccccc3)N(S(=O)(=O)c3ccccc3)C2)CC1. The number of amides is 1. The topological polar surface area (TPSA) is 98.3 Å². The lowest BCUT2D eigenvalue weighted by atomic mass is 9.90. The van der Waals surface area contributed by atoms with Crippen molar-refractivity contribution in [2.75, 3.05) is 46.8 Å². The number of carbonyl (C=O) groups is 1. The third kappa shape index (κ3) is 5.29. The van der Waals surface area contributed by atoms with Crippen molar-refractivity contribution in [2.24, 2.45) is 5.92 Å². The van der Waals surface area contributed by atoms with E-state index in [2.05, 4.69) is 0 Å². The number of benzene rings is 2. The molecule has 2 aromatic carbocycles. The minimum absolute atomic E-state index is 0.0891. The Morgan fingerprint density at radius 3 is 1.97 bits per heavy atom. The van der Waals surface area contributed by atoms with Gasteiger partial charge in [-0.2, -0.15) is 21.3 Å². The summed E-state index contributed by atoms with van der Waals surface area (Å²) in [6.45, 7) is 1.10. The number of sulfonamides is 1. The predicted octanol–water partition coefficient (Wildman–Crippen LogP) is 1.78. The minimum atomic E-state index is -3.82. The maximum absolute atomic E-state index is 13.7. The number of nitrogens with zero attached hydrogens (tertiary/aromatic N) is 4. The molecule has 2 fully saturated rings. The summed E-state index contributed by atoms with van der Waals surface area (Å²) in [5.74, 6) is -0.600. The first-order chi connectivity index (χ1) is 16.6.